The van der Waals surface area contributed by atoms with E-state index in [0.717, 1.165) is 30.8 Å². The summed E-state index contributed by atoms with van der Waals surface area (Å²) in [4.78, 5) is 15.6. The number of carbonyl (C=O) groups excluding carboxylic acids is 1. The smallest absolute Gasteiger partial charge is 0.241 e. The van der Waals surface area contributed by atoms with E-state index in [2.05, 4.69) is 0 Å². The molecule has 0 bridgehead atoms. The van der Waals surface area contributed by atoms with Gasteiger partial charge >= 0.3 is 0 Å². The third kappa shape index (κ3) is 2.98. The Labute approximate surface area is 113 Å². The number of likely N-dealkylation sites (N-methyl/N-ethyl adjacent to an activating group) is 1. The lowest BCUT2D eigenvalue weighted by Crippen LogP contribution is -2.34. The van der Waals surface area contributed by atoms with Crippen molar-refractivity contribution >= 4 is 11.6 Å². The number of hydrogen-bond acceptors (Lipinski definition) is 4. The zero-order valence-electron chi connectivity index (χ0n) is 11.5. The maximum Gasteiger partial charge on any atom is 0.241 e. The first kappa shape index (κ1) is 13.7. The fourth-order valence-corrected chi connectivity index (χ4v) is 2.32. The zero-order valence-corrected chi connectivity index (χ0v) is 11.5. The van der Waals surface area contributed by atoms with Crippen LogP contribution in [0.25, 0.3) is 0 Å². The monoisotopic (exact) mass is 263 g/mol. The molecule has 0 saturated carbocycles. The molecule has 1 aromatic rings. The van der Waals surface area contributed by atoms with E-state index in [9.17, 15) is 9.90 Å². The molecule has 3 N–H and O–H groups in total. The van der Waals surface area contributed by atoms with Crippen LogP contribution in [0.4, 0.5) is 5.69 Å². The molecular weight excluding hydrogens is 242 g/mol. The largest absolute Gasteiger partial charge is 0.508 e. The Hall–Kier alpha value is -1.75. The standard InChI is InChI=1S/C14H21N3O2/c1-10(15)12-5-4-11(8-13(12)18)17-7-3-6-16(2)14(19)9-17/h4-5,8,10,18H,3,6-7,9,15H2,1-2H3. The number of hydrogen-bond donors (Lipinski definition) is 2. The molecule has 0 spiro atoms. The first-order chi connectivity index (χ1) is 8.99. The SMILES string of the molecule is CC(N)c1ccc(N2CCCN(C)C(=O)C2)cc1O. The third-order valence-electron chi connectivity index (χ3n) is 3.54. The lowest BCUT2D eigenvalue weighted by molar-refractivity contribution is -0.127. The van der Waals surface area contributed by atoms with Crippen molar-refractivity contribution in [2.45, 2.75) is 19.4 Å². The van der Waals surface area contributed by atoms with Crippen molar-refractivity contribution in [2.75, 3.05) is 31.6 Å². The second-order valence-corrected chi connectivity index (χ2v) is 5.12. The Bertz CT molecular complexity index is 474. The summed E-state index contributed by atoms with van der Waals surface area (Å²) in [7, 11) is 1.82. The van der Waals surface area contributed by atoms with Gasteiger partial charge in [-0.1, -0.05) is 6.07 Å². The molecule has 5 nitrogen and oxygen atoms in total. The van der Waals surface area contributed by atoms with Crippen LogP contribution < -0.4 is 10.6 Å². The molecule has 1 saturated heterocycles. The van der Waals surface area contributed by atoms with Crippen molar-refractivity contribution in [3.8, 4) is 5.75 Å². The number of anilines is 1. The van der Waals surface area contributed by atoms with Crippen molar-refractivity contribution in [3.05, 3.63) is 23.8 Å². The third-order valence-corrected chi connectivity index (χ3v) is 3.54. The summed E-state index contributed by atoms with van der Waals surface area (Å²) in [6, 6.07) is 5.23. The van der Waals surface area contributed by atoms with E-state index in [1.54, 1.807) is 11.0 Å². The number of phenolic OH excluding ortho intramolecular Hbond substituents is 1. The van der Waals surface area contributed by atoms with Gasteiger partial charge in [0.15, 0.2) is 0 Å². The van der Waals surface area contributed by atoms with Gasteiger partial charge in [0.05, 0.1) is 6.54 Å². The van der Waals surface area contributed by atoms with E-state index >= 15 is 0 Å². The molecule has 0 aromatic heterocycles. The van der Waals surface area contributed by atoms with Gasteiger partial charge in [0.2, 0.25) is 5.91 Å². The molecular formula is C14H21N3O2. The molecule has 2 rings (SSSR count). The van der Waals surface area contributed by atoms with Crippen molar-refractivity contribution < 1.29 is 9.90 Å². The summed E-state index contributed by atoms with van der Waals surface area (Å²) in [5, 5.41) is 9.98. The molecule has 1 aliphatic heterocycles. The summed E-state index contributed by atoms with van der Waals surface area (Å²) in [5.74, 6) is 0.297. The van der Waals surface area contributed by atoms with Crippen LogP contribution in [-0.4, -0.2) is 42.6 Å². The highest BCUT2D eigenvalue weighted by Gasteiger charge is 2.20. The van der Waals surface area contributed by atoms with Crippen LogP contribution in [0.5, 0.6) is 5.75 Å². The van der Waals surface area contributed by atoms with Crippen molar-refractivity contribution in [2.24, 2.45) is 5.73 Å². The second-order valence-electron chi connectivity index (χ2n) is 5.12. The number of aromatic hydroxyl groups is 1. The Balaban J connectivity index is 2.22. The minimum atomic E-state index is -0.203. The summed E-state index contributed by atoms with van der Waals surface area (Å²) < 4.78 is 0. The number of nitrogens with zero attached hydrogens (tertiary/aromatic N) is 2. The van der Waals surface area contributed by atoms with Crippen LogP contribution in [-0.2, 0) is 4.79 Å². The quantitative estimate of drug-likeness (QED) is 0.837. The number of phenols is 1. The Morgan fingerprint density at radius 1 is 1.37 bits per heavy atom. The predicted octanol–water partition coefficient (Wildman–Crippen LogP) is 1.08. The first-order valence-corrected chi connectivity index (χ1v) is 6.56. The van der Waals surface area contributed by atoms with Crippen molar-refractivity contribution in [3.63, 3.8) is 0 Å². The zero-order chi connectivity index (χ0) is 14.0. The van der Waals surface area contributed by atoms with Gasteiger partial charge in [0, 0.05) is 43.5 Å². The van der Waals surface area contributed by atoms with Crippen LogP contribution in [0.3, 0.4) is 0 Å². The van der Waals surface area contributed by atoms with Gasteiger partial charge < -0.3 is 20.6 Å². The summed E-state index contributed by atoms with van der Waals surface area (Å²) in [6.07, 6.45) is 0.929. The summed E-state index contributed by atoms with van der Waals surface area (Å²) in [5.41, 5.74) is 7.36. The van der Waals surface area contributed by atoms with Crippen molar-refractivity contribution in [1.82, 2.24) is 4.90 Å². The van der Waals surface area contributed by atoms with E-state index in [1.807, 2.05) is 31.0 Å². The molecule has 1 aliphatic rings. The minimum Gasteiger partial charge on any atom is -0.508 e. The maximum atomic E-state index is 11.9. The first-order valence-electron chi connectivity index (χ1n) is 6.56. The second kappa shape index (κ2) is 5.48. The fraction of sp³-hybridized carbons (Fsp3) is 0.500. The number of carbonyl (C=O) groups is 1. The van der Waals surface area contributed by atoms with Gasteiger partial charge in [0.1, 0.15) is 5.75 Å². The van der Waals surface area contributed by atoms with Gasteiger partial charge in [-0.05, 0) is 19.4 Å². The lowest BCUT2D eigenvalue weighted by atomic mass is 10.1. The lowest BCUT2D eigenvalue weighted by Gasteiger charge is -2.23. The molecule has 5 heteroatoms. The Morgan fingerprint density at radius 3 is 2.74 bits per heavy atom. The van der Waals surface area contributed by atoms with Crippen LogP contribution in [0.2, 0.25) is 0 Å². The molecule has 1 fully saturated rings. The Morgan fingerprint density at radius 2 is 2.11 bits per heavy atom. The number of amides is 1. The van der Waals surface area contributed by atoms with Gasteiger partial charge in [0.25, 0.3) is 0 Å². The molecule has 1 aromatic carbocycles. The number of rotatable bonds is 2. The highest BCUT2D eigenvalue weighted by atomic mass is 16.3. The van der Waals surface area contributed by atoms with Gasteiger partial charge in [-0.25, -0.2) is 0 Å². The molecule has 1 amide bonds. The maximum absolute atomic E-state index is 11.9. The molecule has 1 heterocycles. The van der Waals surface area contributed by atoms with Crippen LogP contribution in [0.15, 0.2) is 18.2 Å². The van der Waals surface area contributed by atoms with Gasteiger partial charge in [-0.3, -0.25) is 4.79 Å². The van der Waals surface area contributed by atoms with Crippen LogP contribution >= 0.6 is 0 Å². The van der Waals surface area contributed by atoms with Crippen LogP contribution in [0.1, 0.15) is 24.9 Å². The van der Waals surface area contributed by atoms with Crippen molar-refractivity contribution in [1.29, 1.82) is 0 Å². The van der Waals surface area contributed by atoms with E-state index in [-0.39, 0.29) is 17.7 Å². The fourth-order valence-electron chi connectivity index (χ4n) is 2.32. The van der Waals surface area contributed by atoms with E-state index in [1.165, 1.54) is 0 Å². The van der Waals surface area contributed by atoms with Gasteiger partial charge in [-0.15, -0.1) is 0 Å². The highest BCUT2D eigenvalue weighted by Crippen LogP contribution is 2.28. The van der Waals surface area contributed by atoms with Crippen LogP contribution in [0, 0.1) is 0 Å². The molecule has 104 valence electrons. The number of benzene rings is 1. The molecule has 19 heavy (non-hydrogen) atoms. The normalized spacial score (nSPS) is 18.4. The summed E-state index contributed by atoms with van der Waals surface area (Å²) >= 11 is 0. The number of nitrogens with two attached hydrogens (primary N) is 1. The van der Waals surface area contributed by atoms with E-state index in [4.69, 9.17) is 5.73 Å². The van der Waals surface area contributed by atoms with E-state index in [0.29, 0.717) is 6.54 Å². The topological polar surface area (TPSA) is 69.8 Å². The molecule has 1 atom stereocenters. The minimum absolute atomic E-state index is 0.105. The summed E-state index contributed by atoms with van der Waals surface area (Å²) in [6.45, 7) is 3.78. The molecule has 0 aliphatic carbocycles. The Kier molecular flexibility index (Phi) is 3.95. The predicted molar refractivity (Wildman–Crippen MR) is 75.2 cm³/mol. The van der Waals surface area contributed by atoms with E-state index < -0.39 is 0 Å². The average molecular weight is 263 g/mol. The van der Waals surface area contributed by atoms with Gasteiger partial charge in [-0.2, -0.15) is 0 Å². The average Bonchev–Trinajstić information content (AvgIpc) is 2.51. The highest BCUT2D eigenvalue weighted by molar-refractivity contribution is 5.81. The molecule has 1 unspecified atom stereocenters. The molecule has 0 radical (unpaired) electrons.